The van der Waals surface area contributed by atoms with E-state index in [1.54, 1.807) is 0 Å². The van der Waals surface area contributed by atoms with Crippen LogP contribution in [0.1, 0.15) is 26.7 Å². The van der Waals surface area contributed by atoms with Crippen molar-refractivity contribution >= 4 is 28.5 Å². The molecule has 0 aliphatic rings. The number of halogens is 1. The summed E-state index contributed by atoms with van der Waals surface area (Å²) in [7, 11) is 0. The van der Waals surface area contributed by atoms with Gasteiger partial charge in [0.25, 0.3) is 0 Å². The van der Waals surface area contributed by atoms with Gasteiger partial charge in [-0.3, -0.25) is 4.79 Å². The number of carbonyl (C=O) groups is 1. The Morgan fingerprint density at radius 1 is 1.45 bits per heavy atom. The highest BCUT2D eigenvalue weighted by Gasteiger charge is 2.06. The van der Waals surface area contributed by atoms with Crippen molar-refractivity contribution < 1.29 is 4.79 Å². The zero-order valence-corrected chi connectivity index (χ0v) is 9.43. The first-order valence-corrected chi connectivity index (χ1v) is 5.62. The standard InChI is InChI=1S/C8H16INO/c1-3-8(11)10(4-2)7-5-6-9/h3-7H2,1-2H3. The molecule has 3 heteroatoms. The molecule has 0 aromatic rings. The molecule has 0 fully saturated rings. The first-order valence-electron chi connectivity index (χ1n) is 4.10. The Hall–Kier alpha value is 0.200. The van der Waals surface area contributed by atoms with Gasteiger partial charge in [0.15, 0.2) is 0 Å². The minimum Gasteiger partial charge on any atom is -0.343 e. The van der Waals surface area contributed by atoms with Crippen LogP contribution in [0.25, 0.3) is 0 Å². The van der Waals surface area contributed by atoms with Crippen LogP contribution in [0.4, 0.5) is 0 Å². The number of hydrogen-bond donors (Lipinski definition) is 0. The third-order valence-corrected chi connectivity index (χ3v) is 2.36. The Labute approximate surface area is 82.5 Å². The van der Waals surface area contributed by atoms with Crippen LogP contribution in [0.2, 0.25) is 0 Å². The van der Waals surface area contributed by atoms with Gasteiger partial charge < -0.3 is 4.90 Å². The maximum Gasteiger partial charge on any atom is 0.222 e. The van der Waals surface area contributed by atoms with E-state index in [1.165, 1.54) is 0 Å². The van der Waals surface area contributed by atoms with E-state index < -0.39 is 0 Å². The molecule has 0 saturated heterocycles. The molecule has 0 unspecified atom stereocenters. The summed E-state index contributed by atoms with van der Waals surface area (Å²) >= 11 is 2.33. The maximum absolute atomic E-state index is 11.2. The molecule has 0 aromatic carbocycles. The molecule has 0 aliphatic heterocycles. The van der Waals surface area contributed by atoms with E-state index in [4.69, 9.17) is 0 Å². The van der Waals surface area contributed by atoms with Crippen LogP contribution in [-0.4, -0.2) is 28.3 Å². The molecule has 66 valence electrons. The molecule has 0 spiro atoms. The molecule has 0 N–H and O–H groups in total. The monoisotopic (exact) mass is 269 g/mol. The molecule has 0 radical (unpaired) electrons. The average Bonchev–Trinajstić information content (AvgIpc) is 2.05. The number of hydrogen-bond acceptors (Lipinski definition) is 1. The average molecular weight is 269 g/mol. The summed E-state index contributed by atoms with van der Waals surface area (Å²) in [5.74, 6) is 0.275. The summed E-state index contributed by atoms with van der Waals surface area (Å²) < 4.78 is 1.13. The molecule has 0 aromatic heterocycles. The van der Waals surface area contributed by atoms with E-state index >= 15 is 0 Å². The summed E-state index contributed by atoms with van der Waals surface area (Å²) in [6.45, 7) is 5.71. The van der Waals surface area contributed by atoms with Crippen LogP contribution >= 0.6 is 22.6 Å². The van der Waals surface area contributed by atoms with Gasteiger partial charge in [0, 0.05) is 23.9 Å². The molecule has 1 amide bonds. The number of carbonyl (C=O) groups excluding carboxylic acids is 1. The van der Waals surface area contributed by atoms with Gasteiger partial charge in [-0.2, -0.15) is 0 Å². The zero-order chi connectivity index (χ0) is 8.69. The number of nitrogens with zero attached hydrogens (tertiary/aromatic N) is 1. The third-order valence-electron chi connectivity index (χ3n) is 1.60. The van der Waals surface area contributed by atoms with E-state index in [1.807, 2.05) is 18.7 Å². The lowest BCUT2D eigenvalue weighted by Gasteiger charge is -2.19. The second-order valence-corrected chi connectivity index (χ2v) is 3.45. The van der Waals surface area contributed by atoms with Crippen molar-refractivity contribution in [3.63, 3.8) is 0 Å². The lowest BCUT2D eigenvalue weighted by atomic mass is 10.3. The Bertz CT molecular complexity index is 117. The van der Waals surface area contributed by atoms with Crippen molar-refractivity contribution in [1.29, 1.82) is 0 Å². The van der Waals surface area contributed by atoms with Gasteiger partial charge in [0.2, 0.25) is 5.91 Å². The van der Waals surface area contributed by atoms with Crippen LogP contribution in [0, 0.1) is 0 Å². The van der Waals surface area contributed by atoms with Crippen molar-refractivity contribution in [1.82, 2.24) is 4.90 Å². The van der Waals surface area contributed by atoms with Gasteiger partial charge in [-0.25, -0.2) is 0 Å². The van der Waals surface area contributed by atoms with Gasteiger partial charge in [0.1, 0.15) is 0 Å². The Kier molecular flexibility index (Phi) is 7.01. The fourth-order valence-corrected chi connectivity index (χ4v) is 1.27. The highest BCUT2D eigenvalue weighted by Crippen LogP contribution is 1.97. The van der Waals surface area contributed by atoms with Crippen LogP contribution < -0.4 is 0 Å². The van der Waals surface area contributed by atoms with Gasteiger partial charge in [-0.1, -0.05) is 29.5 Å². The fraction of sp³-hybridized carbons (Fsp3) is 0.875. The van der Waals surface area contributed by atoms with Crippen molar-refractivity contribution in [2.45, 2.75) is 26.7 Å². The van der Waals surface area contributed by atoms with E-state index in [-0.39, 0.29) is 5.91 Å². The number of amides is 1. The quantitative estimate of drug-likeness (QED) is 0.552. The summed E-state index contributed by atoms with van der Waals surface area (Å²) in [5.41, 5.74) is 0. The second-order valence-electron chi connectivity index (χ2n) is 2.37. The number of rotatable bonds is 5. The molecule has 0 heterocycles. The van der Waals surface area contributed by atoms with Crippen LogP contribution in [0.3, 0.4) is 0 Å². The zero-order valence-electron chi connectivity index (χ0n) is 7.27. The molecule has 0 saturated carbocycles. The minimum atomic E-state index is 0.275. The molecular weight excluding hydrogens is 253 g/mol. The molecule has 11 heavy (non-hydrogen) atoms. The lowest BCUT2D eigenvalue weighted by Crippen LogP contribution is -2.31. The smallest absolute Gasteiger partial charge is 0.222 e. The summed E-state index contributed by atoms with van der Waals surface area (Å²) in [4.78, 5) is 13.1. The van der Waals surface area contributed by atoms with Crippen molar-refractivity contribution in [3.8, 4) is 0 Å². The topological polar surface area (TPSA) is 20.3 Å². The summed E-state index contributed by atoms with van der Waals surface area (Å²) in [6, 6.07) is 0. The normalized spacial score (nSPS) is 9.73. The van der Waals surface area contributed by atoms with E-state index in [9.17, 15) is 4.79 Å². The fourth-order valence-electron chi connectivity index (χ4n) is 0.933. The second kappa shape index (κ2) is 6.88. The number of alkyl halides is 1. The van der Waals surface area contributed by atoms with E-state index in [2.05, 4.69) is 22.6 Å². The minimum absolute atomic E-state index is 0.275. The van der Waals surface area contributed by atoms with Crippen molar-refractivity contribution in [2.24, 2.45) is 0 Å². The maximum atomic E-state index is 11.2. The lowest BCUT2D eigenvalue weighted by molar-refractivity contribution is -0.130. The first-order chi connectivity index (χ1) is 5.26. The van der Waals surface area contributed by atoms with Gasteiger partial charge in [0.05, 0.1) is 0 Å². The van der Waals surface area contributed by atoms with Crippen molar-refractivity contribution in [3.05, 3.63) is 0 Å². The predicted molar refractivity (Wildman–Crippen MR) is 56.0 cm³/mol. The van der Waals surface area contributed by atoms with Crippen LogP contribution in [-0.2, 0) is 4.79 Å². The summed E-state index contributed by atoms with van der Waals surface area (Å²) in [6.07, 6.45) is 1.75. The first kappa shape index (κ1) is 11.2. The Balaban J connectivity index is 3.65. The van der Waals surface area contributed by atoms with Crippen LogP contribution in [0.15, 0.2) is 0 Å². The highest BCUT2D eigenvalue weighted by molar-refractivity contribution is 14.1. The van der Waals surface area contributed by atoms with E-state index in [0.29, 0.717) is 6.42 Å². The van der Waals surface area contributed by atoms with Gasteiger partial charge >= 0.3 is 0 Å². The molecule has 2 nitrogen and oxygen atoms in total. The molecule has 0 rings (SSSR count). The molecule has 0 bridgehead atoms. The predicted octanol–water partition coefficient (Wildman–Crippen LogP) is 2.07. The largest absolute Gasteiger partial charge is 0.343 e. The molecular formula is C8H16INO. The molecule has 0 atom stereocenters. The SMILES string of the molecule is CCC(=O)N(CC)CCCI. The van der Waals surface area contributed by atoms with Gasteiger partial charge in [-0.15, -0.1) is 0 Å². The summed E-state index contributed by atoms with van der Waals surface area (Å²) in [5, 5.41) is 0. The third kappa shape index (κ3) is 4.61. The van der Waals surface area contributed by atoms with Crippen molar-refractivity contribution in [2.75, 3.05) is 17.5 Å². The van der Waals surface area contributed by atoms with Crippen LogP contribution in [0.5, 0.6) is 0 Å². The Morgan fingerprint density at radius 2 is 2.09 bits per heavy atom. The van der Waals surface area contributed by atoms with Gasteiger partial charge in [-0.05, 0) is 13.3 Å². The molecule has 0 aliphatic carbocycles. The Morgan fingerprint density at radius 3 is 2.45 bits per heavy atom. The van der Waals surface area contributed by atoms with E-state index in [0.717, 1.165) is 23.9 Å². The highest BCUT2D eigenvalue weighted by atomic mass is 127.